The monoisotopic (exact) mass is 312 g/mol. The minimum Gasteiger partial charge on any atom is -0.303 e. The van der Waals surface area contributed by atoms with E-state index >= 15 is 0 Å². The van der Waals surface area contributed by atoms with Crippen LogP contribution < -0.4 is 0 Å². The predicted octanol–water partition coefficient (Wildman–Crippen LogP) is 3.77. The van der Waals surface area contributed by atoms with E-state index in [1.54, 1.807) is 0 Å². The van der Waals surface area contributed by atoms with Crippen molar-refractivity contribution in [1.82, 2.24) is 9.80 Å². The number of likely N-dealkylation sites (N-methyl/N-ethyl adjacent to an activating group) is 1. The molecule has 2 aliphatic rings. The predicted molar refractivity (Wildman–Crippen MR) is 91.5 cm³/mol. The molecule has 0 bridgehead atoms. The van der Waals surface area contributed by atoms with Crippen LogP contribution in [0.2, 0.25) is 5.02 Å². The lowest BCUT2D eigenvalue weighted by molar-refractivity contribution is 0.0773. The number of rotatable bonds is 1. The Kier molecular flexibility index (Phi) is 3.69. The van der Waals surface area contributed by atoms with Gasteiger partial charge in [-0.3, -0.25) is 4.90 Å². The molecule has 0 spiro atoms. The third-order valence-corrected chi connectivity index (χ3v) is 5.44. The molecule has 0 N–H and O–H groups in total. The number of halogens is 1. The summed E-state index contributed by atoms with van der Waals surface area (Å²) in [6.45, 7) is 4.42. The van der Waals surface area contributed by atoms with Gasteiger partial charge in [0.05, 0.1) is 0 Å². The van der Waals surface area contributed by atoms with Crippen molar-refractivity contribution in [2.24, 2.45) is 0 Å². The van der Waals surface area contributed by atoms with Gasteiger partial charge in [0, 0.05) is 43.2 Å². The number of benzene rings is 2. The van der Waals surface area contributed by atoms with Crippen molar-refractivity contribution in [3.63, 3.8) is 0 Å². The Morgan fingerprint density at radius 1 is 0.955 bits per heavy atom. The summed E-state index contributed by atoms with van der Waals surface area (Å²) in [5.74, 6) is 0.426. The SMILES string of the molecule is CN1CCN2CC(c3ccccc3)c3cccc(Cl)c3C2C1. The quantitative estimate of drug-likeness (QED) is 0.791. The largest absolute Gasteiger partial charge is 0.303 e. The zero-order valence-electron chi connectivity index (χ0n) is 12.9. The molecular weight excluding hydrogens is 292 g/mol. The van der Waals surface area contributed by atoms with Crippen molar-refractivity contribution < 1.29 is 0 Å². The minimum absolute atomic E-state index is 0.426. The zero-order valence-corrected chi connectivity index (χ0v) is 13.6. The Morgan fingerprint density at radius 2 is 1.77 bits per heavy atom. The Labute approximate surface area is 137 Å². The van der Waals surface area contributed by atoms with Gasteiger partial charge in [-0.2, -0.15) is 0 Å². The average Bonchev–Trinajstić information content (AvgIpc) is 2.55. The van der Waals surface area contributed by atoms with Crippen molar-refractivity contribution in [2.75, 3.05) is 33.2 Å². The molecule has 0 amide bonds. The van der Waals surface area contributed by atoms with Crippen LogP contribution in [0.25, 0.3) is 0 Å². The van der Waals surface area contributed by atoms with Crippen LogP contribution in [0.3, 0.4) is 0 Å². The van der Waals surface area contributed by atoms with Crippen molar-refractivity contribution >= 4 is 11.6 Å². The lowest BCUT2D eigenvalue weighted by Crippen LogP contribution is -2.50. The maximum absolute atomic E-state index is 6.62. The first-order valence-electron chi connectivity index (χ1n) is 8.00. The molecule has 2 aromatic carbocycles. The van der Waals surface area contributed by atoms with Gasteiger partial charge in [0.15, 0.2) is 0 Å². The van der Waals surface area contributed by atoms with Crippen LogP contribution in [0.4, 0.5) is 0 Å². The standard InChI is InChI=1S/C19H21ClN2/c1-21-10-11-22-12-16(14-6-3-2-4-7-14)15-8-5-9-17(20)19(15)18(22)13-21/h2-9,16,18H,10-13H2,1H3. The van der Waals surface area contributed by atoms with E-state index in [9.17, 15) is 0 Å². The number of nitrogens with zero attached hydrogens (tertiary/aromatic N) is 2. The number of hydrogen-bond donors (Lipinski definition) is 0. The smallest absolute Gasteiger partial charge is 0.0493 e. The first kappa shape index (κ1) is 14.3. The molecule has 4 rings (SSSR count). The summed E-state index contributed by atoms with van der Waals surface area (Å²) < 4.78 is 0. The third kappa shape index (κ3) is 2.36. The van der Waals surface area contributed by atoms with Crippen molar-refractivity contribution in [3.8, 4) is 0 Å². The van der Waals surface area contributed by atoms with Gasteiger partial charge in [0.2, 0.25) is 0 Å². The van der Waals surface area contributed by atoms with Gasteiger partial charge in [-0.05, 0) is 29.8 Å². The second-order valence-electron chi connectivity index (χ2n) is 6.48. The van der Waals surface area contributed by atoms with Crippen LogP contribution in [0.5, 0.6) is 0 Å². The second kappa shape index (κ2) is 5.69. The number of hydrogen-bond acceptors (Lipinski definition) is 2. The molecule has 22 heavy (non-hydrogen) atoms. The normalized spacial score (nSPS) is 25.5. The van der Waals surface area contributed by atoms with E-state index in [1.165, 1.54) is 16.7 Å². The lowest BCUT2D eigenvalue weighted by atomic mass is 9.80. The highest BCUT2D eigenvalue weighted by Crippen LogP contribution is 2.43. The molecule has 0 aromatic heterocycles. The van der Waals surface area contributed by atoms with Crippen molar-refractivity contribution in [3.05, 3.63) is 70.2 Å². The first-order chi connectivity index (χ1) is 10.7. The van der Waals surface area contributed by atoms with Gasteiger partial charge in [-0.15, -0.1) is 0 Å². The van der Waals surface area contributed by atoms with E-state index in [-0.39, 0.29) is 0 Å². The number of piperazine rings is 1. The van der Waals surface area contributed by atoms with E-state index in [2.05, 4.69) is 59.3 Å². The molecule has 2 heterocycles. The maximum atomic E-state index is 6.62. The van der Waals surface area contributed by atoms with Gasteiger partial charge >= 0.3 is 0 Å². The summed E-state index contributed by atoms with van der Waals surface area (Å²) in [6.07, 6.45) is 0. The molecular formula is C19H21ClN2. The van der Waals surface area contributed by atoms with Crippen molar-refractivity contribution in [1.29, 1.82) is 0 Å². The topological polar surface area (TPSA) is 6.48 Å². The first-order valence-corrected chi connectivity index (χ1v) is 8.37. The zero-order chi connectivity index (χ0) is 15.1. The van der Waals surface area contributed by atoms with Crippen LogP contribution in [0.1, 0.15) is 28.7 Å². The molecule has 114 valence electrons. The molecule has 1 fully saturated rings. The molecule has 2 atom stereocenters. The van der Waals surface area contributed by atoms with Crippen LogP contribution in [-0.2, 0) is 0 Å². The highest BCUT2D eigenvalue weighted by atomic mass is 35.5. The highest BCUT2D eigenvalue weighted by molar-refractivity contribution is 6.31. The van der Waals surface area contributed by atoms with Crippen LogP contribution >= 0.6 is 11.6 Å². The van der Waals surface area contributed by atoms with Gasteiger partial charge < -0.3 is 4.90 Å². The third-order valence-electron chi connectivity index (χ3n) is 5.11. The second-order valence-corrected chi connectivity index (χ2v) is 6.89. The van der Waals surface area contributed by atoms with Gasteiger partial charge in [-0.25, -0.2) is 0 Å². The average molecular weight is 313 g/mol. The highest BCUT2D eigenvalue weighted by Gasteiger charge is 2.37. The van der Waals surface area contributed by atoms with E-state index < -0.39 is 0 Å². The van der Waals surface area contributed by atoms with E-state index in [4.69, 9.17) is 11.6 Å². The summed E-state index contributed by atoms with van der Waals surface area (Å²) in [7, 11) is 2.21. The Bertz CT molecular complexity index is 670. The molecule has 2 aromatic rings. The Balaban J connectivity index is 1.83. The van der Waals surface area contributed by atoms with Gasteiger partial charge in [-0.1, -0.05) is 54.1 Å². The Morgan fingerprint density at radius 3 is 2.59 bits per heavy atom. The van der Waals surface area contributed by atoms with Crippen LogP contribution in [-0.4, -0.2) is 43.0 Å². The maximum Gasteiger partial charge on any atom is 0.0493 e. The van der Waals surface area contributed by atoms with Crippen LogP contribution in [0.15, 0.2) is 48.5 Å². The molecule has 2 unspecified atom stereocenters. The van der Waals surface area contributed by atoms with Crippen molar-refractivity contribution in [2.45, 2.75) is 12.0 Å². The summed E-state index contributed by atoms with van der Waals surface area (Å²) in [5, 5.41) is 0.920. The van der Waals surface area contributed by atoms with Gasteiger partial charge in [0.25, 0.3) is 0 Å². The fourth-order valence-electron chi connectivity index (χ4n) is 3.96. The van der Waals surface area contributed by atoms with Crippen LogP contribution in [0, 0.1) is 0 Å². The molecule has 0 aliphatic carbocycles. The molecule has 2 aliphatic heterocycles. The molecule has 0 saturated carbocycles. The van der Waals surface area contributed by atoms with E-state index in [1.807, 2.05) is 6.07 Å². The van der Waals surface area contributed by atoms with E-state index in [0.717, 1.165) is 31.2 Å². The fourth-order valence-corrected chi connectivity index (χ4v) is 4.27. The molecule has 2 nitrogen and oxygen atoms in total. The summed E-state index contributed by atoms with van der Waals surface area (Å²) in [6, 6.07) is 17.7. The summed E-state index contributed by atoms with van der Waals surface area (Å²) >= 11 is 6.62. The lowest BCUT2D eigenvalue weighted by Gasteiger charge is -2.47. The molecule has 0 radical (unpaired) electrons. The van der Waals surface area contributed by atoms with Gasteiger partial charge in [0.1, 0.15) is 0 Å². The van der Waals surface area contributed by atoms with E-state index in [0.29, 0.717) is 12.0 Å². The fraction of sp³-hybridized carbons (Fsp3) is 0.368. The Hall–Kier alpha value is -1.35. The minimum atomic E-state index is 0.426. The number of fused-ring (bicyclic) bond motifs is 3. The molecule has 1 saturated heterocycles. The summed E-state index contributed by atoms with van der Waals surface area (Å²) in [4.78, 5) is 5.03. The summed E-state index contributed by atoms with van der Waals surface area (Å²) in [5.41, 5.74) is 4.15. The molecule has 3 heteroatoms.